The summed E-state index contributed by atoms with van der Waals surface area (Å²) in [7, 11) is -3.16. The minimum absolute atomic E-state index is 0.289. The first-order valence-electron chi connectivity index (χ1n) is 5.00. The molecule has 0 fully saturated rings. The van der Waals surface area contributed by atoms with Crippen LogP contribution in [0.5, 0.6) is 0 Å². The maximum Gasteiger partial charge on any atom is 0.175 e. The van der Waals surface area contributed by atoms with Gasteiger partial charge >= 0.3 is 0 Å². The van der Waals surface area contributed by atoms with E-state index in [4.69, 9.17) is 0 Å². The van der Waals surface area contributed by atoms with Gasteiger partial charge < -0.3 is 5.32 Å². The van der Waals surface area contributed by atoms with Gasteiger partial charge in [0.2, 0.25) is 0 Å². The van der Waals surface area contributed by atoms with E-state index in [9.17, 15) is 8.42 Å². The number of aromatic nitrogens is 2. The topological polar surface area (TPSA) is 72.0 Å². The molecule has 0 bridgehead atoms. The molecular weight excluding hydrogens is 318 g/mol. The zero-order valence-corrected chi connectivity index (χ0v) is 11.9. The Morgan fingerprint density at radius 1 is 1.17 bits per heavy atom. The number of rotatable bonds is 3. The van der Waals surface area contributed by atoms with Gasteiger partial charge in [-0.1, -0.05) is 0 Å². The van der Waals surface area contributed by atoms with E-state index in [0.29, 0.717) is 10.4 Å². The van der Waals surface area contributed by atoms with Gasteiger partial charge in [-0.15, -0.1) is 0 Å². The smallest absolute Gasteiger partial charge is 0.175 e. The van der Waals surface area contributed by atoms with E-state index in [0.717, 1.165) is 5.69 Å². The van der Waals surface area contributed by atoms with E-state index in [1.165, 1.54) is 12.6 Å². The van der Waals surface area contributed by atoms with Gasteiger partial charge in [0.25, 0.3) is 0 Å². The number of nitrogens with one attached hydrogen (secondary N) is 1. The van der Waals surface area contributed by atoms with Crippen LogP contribution in [0, 0.1) is 0 Å². The lowest BCUT2D eigenvalue weighted by Crippen LogP contribution is -1.98. The molecule has 1 aromatic heterocycles. The molecule has 94 valence electrons. The van der Waals surface area contributed by atoms with Crippen LogP contribution in [0.4, 0.5) is 11.5 Å². The van der Waals surface area contributed by atoms with Crippen LogP contribution < -0.4 is 5.32 Å². The first-order valence-corrected chi connectivity index (χ1v) is 7.68. The van der Waals surface area contributed by atoms with Crippen molar-refractivity contribution in [3.63, 3.8) is 0 Å². The Bertz CT molecular complexity index is 656. The Labute approximate surface area is 113 Å². The molecule has 0 unspecified atom stereocenters. The zero-order chi connectivity index (χ0) is 13.2. The summed E-state index contributed by atoms with van der Waals surface area (Å²) >= 11 is 3.24. The molecule has 0 amide bonds. The van der Waals surface area contributed by atoms with Crippen LogP contribution in [-0.4, -0.2) is 24.6 Å². The molecule has 0 aliphatic carbocycles. The fraction of sp³-hybridized carbons (Fsp3) is 0.0909. The molecule has 2 aromatic rings. The number of benzene rings is 1. The predicted octanol–water partition coefficient (Wildman–Crippen LogP) is 2.39. The molecule has 0 aliphatic rings. The highest BCUT2D eigenvalue weighted by atomic mass is 79.9. The van der Waals surface area contributed by atoms with Crippen molar-refractivity contribution in [1.29, 1.82) is 0 Å². The lowest BCUT2D eigenvalue weighted by molar-refractivity contribution is 0.602. The molecule has 0 saturated carbocycles. The third-order valence-electron chi connectivity index (χ3n) is 2.19. The quantitative estimate of drug-likeness (QED) is 0.876. The maximum absolute atomic E-state index is 11.3. The molecule has 0 saturated heterocycles. The lowest BCUT2D eigenvalue weighted by atomic mass is 10.3. The van der Waals surface area contributed by atoms with Crippen LogP contribution >= 0.6 is 15.9 Å². The summed E-state index contributed by atoms with van der Waals surface area (Å²) in [5, 5.41) is 3.05. The standard InChI is InChI=1S/C11H10BrN3O2S/c1-18(16,17)9-4-2-8(3-5-9)15-11-6-10(12)13-7-14-11/h2-7H,1H3,(H,13,14,15). The maximum atomic E-state index is 11.3. The van der Waals surface area contributed by atoms with Crippen molar-refractivity contribution in [2.24, 2.45) is 0 Å². The highest BCUT2D eigenvalue weighted by Gasteiger charge is 2.06. The van der Waals surface area contributed by atoms with Gasteiger partial charge in [0.15, 0.2) is 9.84 Å². The molecule has 0 radical (unpaired) electrons. The third kappa shape index (κ3) is 3.27. The minimum Gasteiger partial charge on any atom is -0.340 e. The van der Waals surface area contributed by atoms with Gasteiger partial charge in [-0.2, -0.15) is 0 Å². The Balaban J connectivity index is 2.21. The van der Waals surface area contributed by atoms with Gasteiger partial charge in [-0.25, -0.2) is 18.4 Å². The number of sulfone groups is 1. The average molecular weight is 328 g/mol. The molecule has 1 N–H and O–H groups in total. The van der Waals surface area contributed by atoms with E-state index in [1.54, 1.807) is 30.3 Å². The molecule has 7 heteroatoms. The Kier molecular flexibility index (Phi) is 3.63. The first kappa shape index (κ1) is 13.0. The predicted molar refractivity (Wildman–Crippen MR) is 72.6 cm³/mol. The molecule has 18 heavy (non-hydrogen) atoms. The average Bonchev–Trinajstić information content (AvgIpc) is 2.28. The van der Waals surface area contributed by atoms with E-state index < -0.39 is 9.84 Å². The molecule has 0 atom stereocenters. The van der Waals surface area contributed by atoms with E-state index in [1.807, 2.05) is 0 Å². The van der Waals surface area contributed by atoms with Crippen LogP contribution in [0.3, 0.4) is 0 Å². The van der Waals surface area contributed by atoms with Gasteiger partial charge in [0.1, 0.15) is 16.7 Å². The summed E-state index contributed by atoms with van der Waals surface area (Å²) in [6, 6.07) is 8.20. The van der Waals surface area contributed by atoms with Crippen molar-refractivity contribution < 1.29 is 8.42 Å². The van der Waals surface area contributed by atoms with E-state index in [-0.39, 0.29) is 4.90 Å². The highest BCUT2D eigenvalue weighted by molar-refractivity contribution is 9.10. The summed E-state index contributed by atoms with van der Waals surface area (Å²) < 4.78 is 23.3. The molecule has 1 aromatic carbocycles. The second kappa shape index (κ2) is 5.03. The molecule has 1 heterocycles. The third-order valence-corrected chi connectivity index (χ3v) is 3.75. The Hall–Kier alpha value is -1.47. The van der Waals surface area contributed by atoms with Crippen molar-refractivity contribution in [2.45, 2.75) is 4.90 Å². The van der Waals surface area contributed by atoms with Crippen LogP contribution in [0.1, 0.15) is 0 Å². The fourth-order valence-electron chi connectivity index (χ4n) is 1.34. The van der Waals surface area contributed by atoms with Crippen molar-refractivity contribution in [1.82, 2.24) is 9.97 Å². The normalized spacial score (nSPS) is 11.2. The molecule has 0 aliphatic heterocycles. The summed E-state index contributed by atoms with van der Waals surface area (Å²) in [4.78, 5) is 8.24. The molecule has 2 rings (SSSR count). The number of nitrogens with zero attached hydrogens (tertiary/aromatic N) is 2. The number of hydrogen-bond donors (Lipinski definition) is 1. The number of hydrogen-bond acceptors (Lipinski definition) is 5. The zero-order valence-electron chi connectivity index (χ0n) is 9.46. The molecule has 5 nitrogen and oxygen atoms in total. The van der Waals surface area contributed by atoms with E-state index in [2.05, 4.69) is 31.2 Å². The van der Waals surface area contributed by atoms with E-state index >= 15 is 0 Å². The van der Waals surface area contributed by atoms with Crippen LogP contribution in [0.25, 0.3) is 0 Å². The monoisotopic (exact) mass is 327 g/mol. The Morgan fingerprint density at radius 2 is 1.83 bits per heavy atom. The molecule has 0 spiro atoms. The van der Waals surface area contributed by atoms with Gasteiger partial charge in [0, 0.05) is 18.0 Å². The SMILES string of the molecule is CS(=O)(=O)c1ccc(Nc2cc(Br)ncn2)cc1. The van der Waals surface area contributed by atoms with Gasteiger partial charge in [-0.3, -0.25) is 0 Å². The molecular formula is C11H10BrN3O2S. The van der Waals surface area contributed by atoms with Crippen LogP contribution in [0.15, 0.2) is 46.2 Å². The van der Waals surface area contributed by atoms with Crippen LogP contribution in [-0.2, 0) is 9.84 Å². The van der Waals surface area contributed by atoms with Crippen LogP contribution in [0.2, 0.25) is 0 Å². The van der Waals surface area contributed by atoms with Crippen molar-refractivity contribution in [3.05, 3.63) is 41.3 Å². The van der Waals surface area contributed by atoms with Crippen molar-refractivity contribution in [3.8, 4) is 0 Å². The largest absolute Gasteiger partial charge is 0.340 e. The second-order valence-electron chi connectivity index (χ2n) is 3.65. The lowest BCUT2D eigenvalue weighted by Gasteiger charge is -2.06. The summed E-state index contributed by atoms with van der Waals surface area (Å²) in [5.41, 5.74) is 0.757. The summed E-state index contributed by atoms with van der Waals surface area (Å²) in [6.07, 6.45) is 2.61. The van der Waals surface area contributed by atoms with Gasteiger partial charge in [0.05, 0.1) is 4.90 Å². The second-order valence-corrected chi connectivity index (χ2v) is 6.48. The number of anilines is 2. The Morgan fingerprint density at radius 3 is 2.39 bits per heavy atom. The highest BCUT2D eigenvalue weighted by Crippen LogP contribution is 2.18. The first-order chi connectivity index (χ1) is 8.45. The van der Waals surface area contributed by atoms with Crippen molar-refractivity contribution >= 4 is 37.3 Å². The van der Waals surface area contributed by atoms with Crippen molar-refractivity contribution in [2.75, 3.05) is 11.6 Å². The summed E-state index contributed by atoms with van der Waals surface area (Å²) in [5.74, 6) is 0.629. The van der Waals surface area contributed by atoms with Gasteiger partial charge in [-0.05, 0) is 40.2 Å². The minimum atomic E-state index is -3.16. The number of halogens is 1. The fourth-order valence-corrected chi connectivity index (χ4v) is 2.27. The summed E-state index contributed by atoms with van der Waals surface area (Å²) in [6.45, 7) is 0.